The molecule has 4 nitrogen and oxygen atoms in total. The fourth-order valence-corrected chi connectivity index (χ4v) is 2.13. The van der Waals surface area contributed by atoms with Crippen LogP contribution < -0.4 is 4.74 Å². The van der Waals surface area contributed by atoms with Gasteiger partial charge < -0.3 is 14.4 Å². The number of hydrogen-bond donors (Lipinski definition) is 0. The fourth-order valence-electron chi connectivity index (χ4n) is 2.13. The van der Waals surface area contributed by atoms with Crippen molar-refractivity contribution in [1.82, 2.24) is 4.90 Å². The molecule has 1 saturated heterocycles. The van der Waals surface area contributed by atoms with Gasteiger partial charge in [0.1, 0.15) is 5.75 Å². The lowest BCUT2D eigenvalue weighted by atomic mass is 10.2. The predicted octanol–water partition coefficient (Wildman–Crippen LogP) is 2.05. The number of hydrogen-bond acceptors (Lipinski definition) is 4. The minimum absolute atomic E-state index is 0.664. The standard InChI is InChI=1S/C15H20N2O2/c16-13-14-3-5-15(6-4-14)19-11-2-8-17-7-1-10-18-12-9-17/h3-6H,1-2,7-12H2. The molecule has 1 heterocycles. The quantitative estimate of drug-likeness (QED) is 0.760. The molecule has 0 amide bonds. The number of nitriles is 1. The molecule has 0 radical (unpaired) electrons. The summed E-state index contributed by atoms with van der Waals surface area (Å²) in [5, 5.41) is 8.70. The van der Waals surface area contributed by atoms with Gasteiger partial charge in [-0.2, -0.15) is 5.26 Å². The molecular weight excluding hydrogens is 240 g/mol. The van der Waals surface area contributed by atoms with Gasteiger partial charge in [-0.25, -0.2) is 0 Å². The van der Waals surface area contributed by atoms with Gasteiger partial charge in [0, 0.05) is 26.2 Å². The van der Waals surface area contributed by atoms with Crippen molar-refractivity contribution < 1.29 is 9.47 Å². The van der Waals surface area contributed by atoms with Gasteiger partial charge in [-0.15, -0.1) is 0 Å². The maximum atomic E-state index is 8.70. The van der Waals surface area contributed by atoms with Crippen LogP contribution in [0.2, 0.25) is 0 Å². The third-order valence-corrected chi connectivity index (χ3v) is 3.19. The van der Waals surface area contributed by atoms with Crippen LogP contribution in [-0.4, -0.2) is 44.4 Å². The Balaban J connectivity index is 1.64. The summed E-state index contributed by atoms with van der Waals surface area (Å²) in [7, 11) is 0. The van der Waals surface area contributed by atoms with Crippen LogP contribution in [-0.2, 0) is 4.74 Å². The molecule has 0 atom stereocenters. The molecule has 102 valence electrons. The molecule has 1 aromatic rings. The summed E-state index contributed by atoms with van der Waals surface area (Å²) in [5.74, 6) is 0.832. The van der Waals surface area contributed by atoms with Crippen LogP contribution in [0.4, 0.5) is 0 Å². The first kappa shape index (κ1) is 13.9. The van der Waals surface area contributed by atoms with E-state index in [1.54, 1.807) is 12.1 Å². The number of ether oxygens (including phenoxy) is 2. The molecule has 0 aliphatic carbocycles. The van der Waals surface area contributed by atoms with Crippen molar-refractivity contribution in [2.24, 2.45) is 0 Å². The van der Waals surface area contributed by atoms with E-state index >= 15 is 0 Å². The second-order valence-corrected chi connectivity index (χ2v) is 4.65. The zero-order chi connectivity index (χ0) is 13.3. The summed E-state index contributed by atoms with van der Waals surface area (Å²) < 4.78 is 11.1. The van der Waals surface area contributed by atoms with Crippen LogP contribution >= 0.6 is 0 Å². The summed E-state index contributed by atoms with van der Waals surface area (Å²) in [5.41, 5.74) is 0.664. The average molecular weight is 260 g/mol. The molecule has 1 aliphatic heterocycles. The summed E-state index contributed by atoms with van der Waals surface area (Å²) in [6, 6.07) is 9.35. The van der Waals surface area contributed by atoms with Crippen molar-refractivity contribution in [2.75, 3.05) is 39.5 Å². The second kappa shape index (κ2) is 7.78. The van der Waals surface area contributed by atoms with E-state index in [-0.39, 0.29) is 0 Å². The Hall–Kier alpha value is -1.57. The Labute approximate surface area is 114 Å². The van der Waals surface area contributed by atoms with E-state index in [9.17, 15) is 0 Å². The Morgan fingerprint density at radius 1 is 1.21 bits per heavy atom. The zero-order valence-corrected chi connectivity index (χ0v) is 11.2. The molecule has 1 fully saturated rings. The minimum atomic E-state index is 0.664. The molecular formula is C15H20N2O2. The monoisotopic (exact) mass is 260 g/mol. The van der Waals surface area contributed by atoms with Crippen LogP contribution in [0, 0.1) is 11.3 Å². The Bertz CT molecular complexity index is 403. The van der Waals surface area contributed by atoms with E-state index in [0.29, 0.717) is 12.2 Å². The van der Waals surface area contributed by atoms with Crippen LogP contribution in [0.15, 0.2) is 24.3 Å². The van der Waals surface area contributed by atoms with E-state index < -0.39 is 0 Å². The third kappa shape index (κ3) is 4.90. The number of benzene rings is 1. The van der Waals surface area contributed by atoms with Gasteiger partial charge >= 0.3 is 0 Å². The van der Waals surface area contributed by atoms with Gasteiger partial charge in [-0.3, -0.25) is 0 Å². The average Bonchev–Trinajstić information content (AvgIpc) is 2.73. The summed E-state index contributed by atoms with van der Waals surface area (Å²) in [4.78, 5) is 2.43. The Kier molecular flexibility index (Phi) is 5.67. The van der Waals surface area contributed by atoms with Crippen LogP contribution in [0.25, 0.3) is 0 Å². The van der Waals surface area contributed by atoms with Gasteiger partial charge in [0.2, 0.25) is 0 Å². The maximum absolute atomic E-state index is 8.70. The second-order valence-electron chi connectivity index (χ2n) is 4.65. The molecule has 4 heteroatoms. The number of nitrogens with zero attached hydrogens (tertiary/aromatic N) is 2. The van der Waals surface area contributed by atoms with Crippen molar-refractivity contribution in [3.8, 4) is 11.8 Å². The van der Waals surface area contributed by atoms with Crippen molar-refractivity contribution in [2.45, 2.75) is 12.8 Å². The van der Waals surface area contributed by atoms with Crippen LogP contribution in [0.3, 0.4) is 0 Å². The maximum Gasteiger partial charge on any atom is 0.119 e. The molecule has 0 bridgehead atoms. The Morgan fingerprint density at radius 3 is 2.84 bits per heavy atom. The SMILES string of the molecule is N#Cc1ccc(OCCCN2CCCOCC2)cc1. The lowest BCUT2D eigenvalue weighted by molar-refractivity contribution is 0.140. The lowest BCUT2D eigenvalue weighted by Gasteiger charge is -2.18. The number of rotatable bonds is 5. The van der Waals surface area contributed by atoms with E-state index in [1.807, 2.05) is 12.1 Å². The van der Waals surface area contributed by atoms with Crippen LogP contribution in [0.5, 0.6) is 5.75 Å². The molecule has 0 unspecified atom stereocenters. The van der Waals surface area contributed by atoms with Crippen molar-refractivity contribution in [3.05, 3.63) is 29.8 Å². The normalized spacial score (nSPS) is 16.6. The highest BCUT2D eigenvalue weighted by Crippen LogP contribution is 2.11. The molecule has 0 aromatic heterocycles. The fraction of sp³-hybridized carbons (Fsp3) is 0.533. The van der Waals surface area contributed by atoms with E-state index in [4.69, 9.17) is 14.7 Å². The zero-order valence-electron chi connectivity index (χ0n) is 11.2. The lowest BCUT2D eigenvalue weighted by Crippen LogP contribution is -2.28. The first-order valence-electron chi connectivity index (χ1n) is 6.81. The first-order valence-corrected chi connectivity index (χ1v) is 6.81. The molecule has 0 N–H and O–H groups in total. The minimum Gasteiger partial charge on any atom is -0.494 e. The highest BCUT2D eigenvalue weighted by Gasteiger charge is 2.08. The topological polar surface area (TPSA) is 45.5 Å². The first-order chi connectivity index (χ1) is 9.38. The van der Waals surface area contributed by atoms with Gasteiger partial charge in [0.25, 0.3) is 0 Å². The van der Waals surface area contributed by atoms with Crippen molar-refractivity contribution in [1.29, 1.82) is 5.26 Å². The van der Waals surface area contributed by atoms with E-state index in [1.165, 1.54) is 0 Å². The van der Waals surface area contributed by atoms with Gasteiger partial charge in [0.15, 0.2) is 0 Å². The smallest absolute Gasteiger partial charge is 0.119 e. The van der Waals surface area contributed by atoms with Gasteiger partial charge in [0.05, 0.1) is 24.8 Å². The molecule has 1 aliphatic rings. The van der Waals surface area contributed by atoms with E-state index in [0.717, 1.165) is 51.4 Å². The highest BCUT2D eigenvalue weighted by molar-refractivity contribution is 5.34. The van der Waals surface area contributed by atoms with Crippen LogP contribution in [0.1, 0.15) is 18.4 Å². The van der Waals surface area contributed by atoms with Crippen molar-refractivity contribution >= 4 is 0 Å². The third-order valence-electron chi connectivity index (χ3n) is 3.19. The molecule has 0 spiro atoms. The summed E-state index contributed by atoms with van der Waals surface area (Å²) in [6.45, 7) is 5.64. The molecule has 2 rings (SSSR count). The largest absolute Gasteiger partial charge is 0.494 e. The Morgan fingerprint density at radius 2 is 2.05 bits per heavy atom. The molecule has 0 saturated carbocycles. The van der Waals surface area contributed by atoms with Crippen molar-refractivity contribution in [3.63, 3.8) is 0 Å². The predicted molar refractivity (Wildman–Crippen MR) is 73.1 cm³/mol. The molecule has 19 heavy (non-hydrogen) atoms. The van der Waals surface area contributed by atoms with E-state index in [2.05, 4.69) is 11.0 Å². The van der Waals surface area contributed by atoms with Gasteiger partial charge in [-0.1, -0.05) is 0 Å². The highest BCUT2D eigenvalue weighted by atomic mass is 16.5. The van der Waals surface area contributed by atoms with Gasteiger partial charge in [-0.05, 0) is 37.1 Å². The summed E-state index contributed by atoms with van der Waals surface area (Å²) in [6.07, 6.45) is 2.14. The molecule has 1 aromatic carbocycles. The summed E-state index contributed by atoms with van der Waals surface area (Å²) >= 11 is 0.